The van der Waals surface area contributed by atoms with E-state index in [1.807, 2.05) is 53.2 Å². The third kappa shape index (κ3) is 3.43. The largest absolute Gasteiger partial charge is 0.497 e. The molecular formula is C18H24N4O2. The minimum absolute atomic E-state index is 0.0578. The summed E-state index contributed by atoms with van der Waals surface area (Å²) in [5.41, 5.74) is 1.13. The van der Waals surface area contributed by atoms with Gasteiger partial charge in [-0.2, -0.15) is 0 Å². The van der Waals surface area contributed by atoms with Gasteiger partial charge in [0.25, 0.3) is 0 Å². The van der Waals surface area contributed by atoms with Crippen molar-refractivity contribution in [2.24, 2.45) is 7.05 Å². The van der Waals surface area contributed by atoms with Crippen LogP contribution in [0.4, 0.5) is 0 Å². The van der Waals surface area contributed by atoms with Gasteiger partial charge in [-0.15, -0.1) is 0 Å². The molecule has 1 fully saturated rings. The smallest absolute Gasteiger partial charge is 0.220 e. The first kappa shape index (κ1) is 16.5. The fraction of sp³-hybridized carbons (Fsp3) is 0.444. The summed E-state index contributed by atoms with van der Waals surface area (Å²) in [5.74, 6) is 1.99. The summed E-state index contributed by atoms with van der Waals surface area (Å²) in [6.45, 7) is 4.83. The molecule has 1 aliphatic heterocycles. The van der Waals surface area contributed by atoms with E-state index in [0.717, 1.165) is 43.3 Å². The second-order valence-electron chi connectivity index (χ2n) is 6.19. The number of imidazole rings is 1. The second-order valence-corrected chi connectivity index (χ2v) is 6.19. The first-order valence-electron chi connectivity index (χ1n) is 8.18. The normalized spacial score (nSPS) is 18.6. The van der Waals surface area contributed by atoms with Gasteiger partial charge in [0.2, 0.25) is 5.91 Å². The fourth-order valence-corrected chi connectivity index (χ4v) is 3.22. The zero-order valence-corrected chi connectivity index (χ0v) is 14.5. The highest BCUT2D eigenvalue weighted by Crippen LogP contribution is 2.27. The Bertz CT molecular complexity index is 695. The van der Waals surface area contributed by atoms with Crippen LogP contribution in [0.15, 0.2) is 36.7 Å². The van der Waals surface area contributed by atoms with Crippen LogP contribution in [-0.4, -0.2) is 52.0 Å². The van der Waals surface area contributed by atoms with Crippen LogP contribution in [-0.2, 0) is 18.4 Å². The topological polar surface area (TPSA) is 50.6 Å². The maximum Gasteiger partial charge on any atom is 0.220 e. The number of nitrogens with zero attached hydrogens (tertiary/aromatic N) is 4. The molecule has 3 rings (SSSR count). The number of piperazine rings is 1. The molecule has 1 unspecified atom stereocenters. The summed E-state index contributed by atoms with van der Waals surface area (Å²) in [6.07, 6.45) is 3.78. The van der Waals surface area contributed by atoms with Crippen LogP contribution < -0.4 is 4.74 Å². The Kier molecular flexibility index (Phi) is 4.85. The van der Waals surface area contributed by atoms with Crippen LogP contribution in [0.2, 0.25) is 0 Å². The molecular weight excluding hydrogens is 304 g/mol. The van der Waals surface area contributed by atoms with E-state index < -0.39 is 0 Å². The van der Waals surface area contributed by atoms with Crippen molar-refractivity contribution in [3.63, 3.8) is 0 Å². The molecule has 0 N–H and O–H groups in total. The van der Waals surface area contributed by atoms with Crippen molar-refractivity contribution in [3.05, 3.63) is 48.0 Å². The van der Waals surface area contributed by atoms with Gasteiger partial charge in [0.15, 0.2) is 0 Å². The molecule has 128 valence electrons. The highest BCUT2D eigenvalue weighted by atomic mass is 16.5. The highest BCUT2D eigenvalue weighted by Gasteiger charge is 2.30. The average Bonchev–Trinajstić information content (AvgIpc) is 2.99. The number of carbonyl (C=O) groups is 1. The van der Waals surface area contributed by atoms with Crippen LogP contribution >= 0.6 is 0 Å². The fourth-order valence-electron chi connectivity index (χ4n) is 3.22. The van der Waals surface area contributed by atoms with E-state index in [1.165, 1.54) is 0 Å². The summed E-state index contributed by atoms with van der Waals surface area (Å²) in [5, 5.41) is 0. The number of rotatable bonds is 4. The molecule has 1 aromatic carbocycles. The zero-order valence-electron chi connectivity index (χ0n) is 14.5. The molecule has 6 nitrogen and oxygen atoms in total. The van der Waals surface area contributed by atoms with Gasteiger partial charge in [0.1, 0.15) is 11.6 Å². The van der Waals surface area contributed by atoms with Crippen LogP contribution in [0.25, 0.3) is 0 Å². The molecule has 1 aliphatic rings. The Balaban J connectivity index is 1.79. The van der Waals surface area contributed by atoms with Crippen LogP contribution in [0.3, 0.4) is 0 Å². The van der Waals surface area contributed by atoms with Gasteiger partial charge in [-0.3, -0.25) is 9.69 Å². The monoisotopic (exact) mass is 328 g/mol. The molecule has 24 heavy (non-hydrogen) atoms. The lowest BCUT2D eigenvalue weighted by Gasteiger charge is -2.41. The Morgan fingerprint density at radius 2 is 2.04 bits per heavy atom. The number of hydrogen-bond donors (Lipinski definition) is 0. The summed E-state index contributed by atoms with van der Waals surface area (Å²) in [4.78, 5) is 20.8. The van der Waals surface area contributed by atoms with Gasteiger partial charge in [-0.25, -0.2) is 4.98 Å². The van der Waals surface area contributed by atoms with E-state index >= 15 is 0 Å². The molecule has 1 aromatic heterocycles. The van der Waals surface area contributed by atoms with Gasteiger partial charge in [-0.1, -0.05) is 12.1 Å². The molecule has 1 atom stereocenters. The summed E-state index contributed by atoms with van der Waals surface area (Å²) < 4.78 is 7.27. The van der Waals surface area contributed by atoms with Crippen molar-refractivity contribution in [1.82, 2.24) is 19.4 Å². The predicted octanol–water partition coefficient (Wildman–Crippen LogP) is 1.83. The second kappa shape index (κ2) is 7.05. The molecule has 0 radical (unpaired) electrons. The van der Waals surface area contributed by atoms with E-state index in [4.69, 9.17) is 4.74 Å². The number of methoxy groups -OCH3 is 1. The lowest BCUT2D eigenvalue weighted by Crippen LogP contribution is -2.49. The van der Waals surface area contributed by atoms with Crippen molar-refractivity contribution >= 4 is 5.91 Å². The molecule has 1 amide bonds. The Morgan fingerprint density at radius 3 is 2.62 bits per heavy atom. The maximum atomic E-state index is 12.0. The van der Waals surface area contributed by atoms with Crippen molar-refractivity contribution < 1.29 is 9.53 Å². The Hall–Kier alpha value is -2.34. The van der Waals surface area contributed by atoms with Crippen molar-refractivity contribution in [2.75, 3.05) is 26.7 Å². The molecule has 6 heteroatoms. The van der Waals surface area contributed by atoms with E-state index in [9.17, 15) is 4.79 Å². The molecule has 0 saturated carbocycles. The number of aromatic nitrogens is 2. The van der Waals surface area contributed by atoms with Gasteiger partial charge in [0, 0.05) is 46.0 Å². The molecule has 0 spiro atoms. The minimum Gasteiger partial charge on any atom is -0.497 e. The lowest BCUT2D eigenvalue weighted by molar-refractivity contribution is -0.134. The SMILES string of the molecule is COc1ccc(C2CN(Cc3nccn3C)CCN2C(C)=O)cc1. The van der Waals surface area contributed by atoms with Crippen molar-refractivity contribution in [2.45, 2.75) is 19.5 Å². The summed E-state index contributed by atoms with van der Waals surface area (Å²) in [7, 11) is 3.67. The van der Waals surface area contributed by atoms with E-state index in [-0.39, 0.29) is 11.9 Å². The van der Waals surface area contributed by atoms with Gasteiger partial charge in [-0.05, 0) is 17.7 Å². The molecule has 0 aliphatic carbocycles. The van der Waals surface area contributed by atoms with Crippen molar-refractivity contribution in [1.29, 1.82) is 0 Å². The first-order chi connectivity index (χ1) is 11.6. The number of hydrogen-bond acceptors (Lipinski definition) is 4. The summed E-state index contributed by atoms with van der Waals surface area (Å²) in [6, 6.07) is 8.05. The number of ether oxygens (including phenoxy) is 1. The number of amides is 1. The average molecular weight is 328 g/mol. The van der Waals surface area contributed by atoms with E-state index in [0.29, 0.717) is 0 Å². The van der Waals surface area contributed by atoms with E-state index in [2.05, 4.69) is 9.88 Å². The van der Waals surface area contributed by atoms with Gasteiger partial charge >= 0.3 is 0 Å². The van der Waals surface area contributed by atoms with Crippen LogP contribution in [0, 0.1) is 0 Å². The van der Waals surface area contributed by atoms with Crippen LogP contribution in [0.5, 0.6) is 5.75 Å². The van der Waals surface area contributed by atoms with Gasteiger partial charge in [0.05, 0.1) is 19.7 Å². The van der Waals surface area contributed by atoms with Crippen molar-refractivity contribution in [3.8, 4) is 5.75 Å². The molecule has 1 saturated heterocycles. The minimum atomic E-state index is 0.0578. The zero-order chi connectivity index (χ0) is 17.1. The summed E-state index contributed by atoms with van der Waals surface area (Å²) >= 11 is 0. The third-order valence-corrected chi connectivity index (χ3v) is 4.66. The highest BCUT2D eigenvalue weighted by molar-refractivity contribution is 5.74. The maximum absolute atomic E-state index is 12.0. The molecule has 2 aromatic rings. The first-order valence-corrected chi connectivity index (χ1v) is 8.18. The third-order valence-electron chi connectivity index (χ3n) is 4.66. The number of carbonyl (C=O) groups excluding carboxylic acids is 1. The Labute approximate surface area is 142 Å². The standard InChI is InChI=1S/C18H24N4O2/c1-14(23)22-11-10-21(13-18-19-8-9-20(18)2)12-17(22)15-4-6-16(24-3)7-5-15/h4-9,17H,10-13H2,1-3H3. The Morgan fingerprint density at radius 1 is 1.29 bits per heavy atom. The van der Waals surface area contributed by atoms with E-state index in [1.54, 1.807) is 14.0 Å². The molecule has 0 bridgehead atoms. The number of benzene rings is 1. The quantitative estimate of drug-likeness (QED) is 0.859. The van der Waals surface area contributed by atoms with Crippen LogP contribution in [0.1, 0.15) is 24.4 Å². The number of aryl methyl sites for hydroxylation is 1. The predicted molar refractivity (Wildman–Crippen MR) is 91.6 cm³/mol. The lowest BCUT2D eigenvalue weighted by atomic mass is 10.0. The molecule has 2 heterocycles. The van der Waals surface area contributed by atoms with Gasteiger partial charge < -0.3 is 14.2 Å².